The number of piperazine rings is 1. The number of benzene rings is 1. The van der Waals surface area contributed by atoms with E-state index in [-0.39, 0.29) is 36.5 Å². The van der Waals surface area contributed by atoms with E-state index in [1.54, 1.807) is 19.2 Å². The van der Waals surface area contributed by atoms with E-state index in [4.69, 9.17) is 0 Å². The van der Waals surface area contributed by atoms with E-state index in [1.807, 2.05) is 4.90 Å². The summed E-state index contributed by atoms with van der Waals surface area (Å²) in [5.41, 5.74) is 1.19. The third-order valence-corrected chi connectivity index (χ3v) is 6.20. The number of nitrogens with zero attached hydrogens (tertiary/aromatic N) is 4. The van der Waals surface area contributed by atoms with Crippen LogP contribution in [0.15, 0.2) is 23.2 Å². The minimum absolute atomic E-state index is 0. The zero-order valence-corrected chi connectivity index (χ0v) is 21.7. The second-order valence-electron chi connectivity index (χ2n) is 8.99. The summed E-state index contributed by atoms with van der Waals surface area (Å²) in [4.78, 5) is 23.6. The third-order valence-electron chi connectivity index (χ3n) is 6.20. The molecule has 0 spiro atoms. The Hall–Kier alpha value is -1.46. The SMILES string of the molecule is CN=C(NCc1ccc(F)c(CO)c1)N1CCN(CC(=O)N2CC(C)CC(C)C2)CC1.I. The fraction of sp³-hybridized carbons (Fsp3) is 0.652. The van der Waals surface area contributed by atoms with Crippen molar-refractivity contribution in [3.8, 4) is 0 Å². The molecular weight excluding hydrogens is 524 g/mol. The van der Waals surface area contributed by atoms with Crippen LogP contribution in [0.4, 0.5) is 4.39 Å². The van der Waals surface area contributed by atoms with Gasteiger partial charge in [0, 0.05) is 58.4 Å². The van der Waals surface area contributed by atoms with Crippen molar-refractivity contribution in [3.63, 3.8) is 0 Å². The van der Waals surface area contributed by atoms with E-state index in [2.05, 4.69) is 34.0 Å². The molecule has 1 amide bonds. The van der Waals surface area contributed by atoms with Crippen molar-refractivity contribution >= 4 is 35.8 Å². The van der Waals surface area contributed by atoms with Gasteiger partial charge in [-0.25, -0.2) is 4.39 Å². The van der Waals surface area contributed by atoms with Gasteiger partial charge >= 0.3 is 0 Å². The third kappa shape index (κ3) is 7.28. The van der Waals surface area contributed by atoms with Crippen molar-refractivity contribution in [2.45, 2.75) is 33.4 Å². The predicted molar refractivity (Wildman–Crippen MR) is 135 cm³/mol. The van der Waals surface area contributed by atoms with E-state index in [9.17, 15) is 14.3 Å². The monoisotopic (exact) mass is 561 g/mol. The Morgan fingerprint density at radius 2 is 1.81 bits per heavy atom. The Labute approximate surface area is 208 Å². The zero-order chi connectivity index (χ0) is 22.4. The first kappa shape index (κ1) is 26.8. The van der Waals surface area contributed by atoms with Crippen LogP contribution in [0.1, 0.15) is 31.4 Å². The molecule has 2 aliphatic rings. The first-order valence-corrected chi connectivity index (χ1v) is 11.2. The van der Waals surface area contributed by atoms with Gasteiger partial charge in [0.1, 0.15) is 5.82 Å². The summed E-state index contributed by atoms with van der Waals surface area (Å²) in [6.07, 6.45) is 1.20. The Morgan fingerprint density at radius 3 is 2.41 bits per heavy atom. The number of hydrogen-bond donors (Lipinski definition) is 2. The molecule has 32 heavy (non-hydrogen) atoms. The number of aliphatic imine (C=N–C) groups is 1. The summed E-state index contributed by atoms with van der Waals surface area (Å²) in [7, 11) is 1.75. The van der Waals surface area contributed by atoms with Crippen LogP contribution in [0.3, 0.4) is 0 Å². The van der Waals surface area contributed by atoms with Crippen molar-refractivity contribution in [2.24, 2.45) is 16.8 Å². The molecular formula is C23H37FIN5O2. The molecule has 2 heterocycles. The normalized spacial score (nSPS) is 22.5. The first-order valence-electron chi connectivity index (χ1n) is 11.2. The summed E-state index contributed by atoms with van der Waals surface area (Å²) in [6, 6.07) is 4.76. The molecule has 0 radical (unpaired) electrons. The number of carbonyl (C=O) groups is 1. The minimum Gasteiger partial charge on any atom is -0.392 e. The number of rotatable bonds is 5. The molecule has 180 valence electrons. The lowest BCUT2D eigenvalue weighted by atomic mass is 9.92. The molecule has 0 saturated carbocycles. The second kappa shape index (κ2) is 12.7. The fourth-order valence-corrected chi connectivity index (χ4v) is 4.65. The van der Waals surface area contributed by atoms with Crippen LogP contribution in [-0.2, 0) is 17.9 Å². The Kier molecular flexibility index (Phi) is 10.6. The highest BCUT2D eigenvalue weighted by Crippen LogP contribution is 2.21. The van der Waals surface area contributed by atoms with Crippen molar-refractivity contribution in [1.82, 2.24) is 20.0 Å². The maximum Gasteiger partial charge on any atom is 0.236 e. The lowest BCUT2D eigenvalue weighted by molar-refractivity contribution is -0.135. The first-order chi connectivity index (χ1) is 14.9. The van der Waals surface area contributed by atoms with Gasteiger partial charge in [0.2, 0.25) is 5.91 Å². The lowest BCUT2D eigenvalue weighted by Crippen LogP contribution is -2.55. The standard InChI is InChI=1S/C23H36FN5O2.HI/c1-17-10-18(2)14-29(13-17)22(31)15-27-6-8-28(9-7-27)23(25-3)26-12-19-4-5-21(24)20(11-19)16-30;/h4-5,11,17-18,30H,6-10,12-16H2,1-3H3,(H,25,26);1H. The number of amides is 1. The number of aliphatic hydroxyl groups is 1. The molecule has 2 atom stereocenters. The largest absolute Gasteiger partial charge is 0.392 e. The summed E-state index contributed by atoms with van der Waals surface area (Å²) < 4.78 is 13.6. The molecule has 0 bridgehead atoms. The van der Waals surface area contributed by atoms with E-state index in [0.29, 0.717) is 30.5 Å². The van der Waals surface area contributed by atoms with E-state index in [1.165, 1.54) is 12.5 Å². The van der Waals surface area contributed by atoms with E-state index in [0.717, 1.165) is 50.8 Å². The van der Waals surface area contributed by atoms with Gasteiger partial charge in [-0.2, -0.15) is 0 Å². The molecule has 2 unspecified atom stereocenters. The molecule has 3 rings (SSSR count). The number of guanidine groups is 1. The van der Waals surface area contributed by atoms with Crippen LogP contribution in [-0.4, -0.2) is 84.5 Å². The molecule has 1 aromatic carbocycles. The zero-order valence-electron chi connectivity index (χ0n) is 19.4. The molecule has 9 heteroatoms. The van der Waals surface area contributed by atoms with Crippen molar-refractivity contribution < 1.29 is 14.3 Å². The van der Waals surface area contributed by atoms with Crippen molar-refractivity contribution in [1.29, 1.82) is 0 Å². The lowest BCUT2D eigenvalue weighted by Gasteiger charge is -2.39. The van der Waals surface area contributed by atoms with Crippen LogP contribution in [0, 0.1) is 17.7 Å². The van der Waals surface area contributed by atoms with Gasteiger partial charge < -0.3 is 20.2 Å². The number of piperidine rings is 1. The minimum atomic E-state index is -0.394. The highest BCUT2D eigenvalue weighted by Gasteiger charge is 2.28. The van der Waals surface area contributed by atoms with Gasteiger partial charge in [-0.05, 0) is 36.0 Å². The number of carbonyl (C=O) groups excluding carboxylic acids is 1. The highest BCUT2D eigenvalue weighted by molar-refractivity contribution is 14.0. The molecule has 1 aromatic rings. The topological polar surface area (TPSA) is 71.4 Å². The summed E-state index contributed by atoms with van der Waals surface area (Å²) in [6.45, 7) is 10.1. The van der Waals surface area contributed by atoms with E-state index >= 15 is 0 Å². The molecule has 2 aliphatic heterocycles. The second-order valence-corrected chi connectivity index (χ2v) is 8.99. The maximum atomic E-state index is 13.6. The van der Waals surface area contributed by atoms with Gasteiger partial charge in [0.25, 0.3) is 0 Å². The number of halogens is 2. The Balaban J connectivity index is 0.00000363. The van der Waals surface area contributed by atoms with Crippen LogP contribution in [0.5, 0.6) is 0 Å². The summed E-state index contributed by atoms with van der Waals surface area (Å²) in [5.74, 6) is 1.79. The number of aliphatic hydroxyl groups excluding tert-OH is 1. The van der Waals surface area contributed by atoms with Crippen LogP contribution in [0.2, 0.25) is 0 Å². The smallest absolute Gasteiger partial charge is 0.236 e. The van der Waals surface area contributed by atoms with Gasteiger partial charge in [0.05, 0.1) is 13.2 Å². The van der Waals surface area contributed by atoms with Gasteiger partial charge in [0.15, 0.2) is 5.96 Å². The van der Waals surface area contributed by atoms with Crippen LogP contribution < -0.4 is 5.32 Å². The van der Waals surface area contributed by atoms with Crippen molar-refractivity contribution in [3.05, 3.63) is 35.1 Å². The molecule has 7 nitrogen and oxygen atoms in total. The van der Waals surface area contributed by atoms with Crippen LogP contribution >= 0.6 is 24.0 Å². The quantitative estimate of drug-likeness (QED) is 0.328. The fourth-order valence-electron chi connectivity index (χ4n) is 4.65. The molecule has 2 saturated heterocycles. The Bertz CT molecular complexity index is 776. The highest BCUT2D eigenvalue weighted by atomic mass is 127. The maximum absolute atomic E-state index is 13.6. The number of hydrogen-bond acceptors (Lipinski definition) is 4. The average Bonchev–Trinajstić information content (AvgIpc) is 2.75. The summed E-state index contributed by atoms with van der Waals surface area (Å²) in [5, 5.41) is 12.6. The summed E-state index contributed by atoms with van der Waals surface area (Å²) >= 11 is 0. The average molecular weight is 561 g/mol. The van der Waals surface area contributed by atoms with Gasteiger partial charge in [-0.15, -0.1) is 24.0 Å². The molecule has 2 N–H and O–H groups in total. The molecule has 0 aliphatic carbocycles. The molecule has 0 aromatic heterocycles. The van der Waals surface area contributed by atoms with E-state index < -0.39 is 5.82 Å². The van der Waals surface area contributed by atoms with Gasteiger partial charge in [-0.1, -0.05) is 19.9 Å². The number of nitrogens with one attached hydrogen (secondary N) is 1. The number of likely N-dealkylation sites (tertiary alicyclic amines) is 1. The van der Waals surface area contributed by atoms with Gasteiger partial charge in [-0.3, -0.25) is 14.7 Å². The predicted octanol–water partition coefficient (Wildman–Crippen LogP) is 2.13. The Morgan fingerprint density at radius 1 is 1.16 bits per heavy atom. The van der Waals surface area contributed by atoms with Crippen LogP contribution in [0.25, 0.3) is 0 Å². The molecule has 2 fully saturated rings. The van der Waals surface area contributed by atoms with Crippen molar-refractivity contribution in [2.75, 3.05) is 52.9 Å².